The first kappa shape index (κ1) is 24.8. The number of amides is 1. The molecule has 0 bridgehead atoms. The van der Waals surface area contributed by atoms with E-state index in [1.165, 1.54) is 27.8 Å². The van der Waals surface area contributed by atoms with Gasteiger partial charge >= 0.3 is 0 Å². The van der Waals surface area contributed by atoms with Gasteiger partial charge in [0, 0.05) is 24.2 Å². The molecule has 0 aliphatic carbocycles. The molecule has 1 saturated heterocycles. The number of carbonyl (C=O) groups excluding carboxylic acids is 1. The number of ether oxygens (including phenoxy) is 1. The fourth-order valence-corrected chi connectivity index (χ4v) is 6.87. The summed E-state index contributed by atoms with van der Waals surface area (Å²) in [6.07, 6.45) is 2.72. The zero-order valence-corrected chi connectivity index (χ0v) is 21.9. The van der Waals surface area contributed by atoms with Crippen molar-refractivity contribution in [1.29, 1.82) is 0 Å². The summed E-state index contributed by atoms with van der Waals surface area (Å²) in [4.78, 5) is 20.3. The van der Waals surface area contributed by atoms with Crippen molar-refractivity contribution in [3.63, 3.8) is 0 Å². The fraction of sp³-hybridized carbons (Fsp3) is 0.280. The zero-order valence-electron chi connectivity index (χ0n) is 19.5. The van der Waals surface area contributed by atoms with E-state index in [4.69, 9.17) is 25.7 Å². The number of carbonyl (C=O) groups is 1. The molecule has 188 valence electrons. The van der Waals surface area contributed by atoms with Gasteiger partial charge in [0.1, 0.15) is 11.5 Å². The Morgan fingerprint density at radius 2 is 2.06 bits per heavy atom. The number of furan rings is 1. The van der Waals surface area contributed by atoms with Crippen LogP contribution in [0.25, 0.3) is 10.2 Å². The van der Waals surface area contributed by atoms with E-state index in [0.29, 0.717) is 41.1 Å². The summed E-state index contributed by atoms with van der Waals surface area (Å²) in [6.45, 7) is 0.647. The van der Waals surface area contributed by atoms with Crippen LogP contribution in [-0.2, 0) is 21.4 Å². The highest BCUT2D eigenvalue weighted by Crippen LogP contribution is 2.34. The number of benzene rings is 2. The number of halogens is 1. The van der Waals surface area contributed by atoms with Crippen LogP contribution in [0.3, 0.4) is 0 Å². The van der Waals surface area contributed by atoms with Crippen LogP contribution in [0.1, 0.15) is 18.6 Å². The van der Waals surface area contributed by atoms with Crippen LogP contribution in [0.5, 0.6) is 5.75 Å². The minimum atomic E-state index is -3.76. The van der Waals surface area contributed by atoms with Crippen LogP contribution in [0, 0.1) is 5.92 Å². The molecule has 8 nitrogen and oxygen atoms in total. The number of thiazole rings is 1. The maximum Gasteiger partial charge on any atom is 0.243 e. The number of nitrogens with zero attached hydrogens (tertiary/aromatic N) is 3. The van der Waals surface area contributed by atoms with Gasteiger partial charge in [-0.15, -0.1) is 0 Å². The van der Waals surface area contributed by atoms with E-state index >= 15 is 0 Å². The Kier molecular flexibility index (Phi) is 7.03. The second kappa shape index (κ2) is 10.2. The molecule has 1 aliphatic rings. The van der Waals surface area contributed by atoms with Crippen molar-refractivity contribution in [3.8, 4) is 5.75 Å². The maximum atomic E-state index is 13.9. The average molecular weight is 546 g/mol. The molecule has 36 heavy (non-hydrogen) atoms. The minimum Gasteiger partial charge on any atom is -0.497 e. The third kappa shape index (κ3) is 4.99. The third-order valence-corrected chi connectivity index (χ3v) is 9.35. The summed E-state index contributed by atoms with van der Waals surface area (Å²) in [7, 11) is -2.16. The van der Waals surface area contributed by atoms with E-state index in [2.05, 4.69) is 0 Å². The van der Waals surface area contributed by atoms with Crippen molar-refractivity contribution in [2.75, 3.05) is 25.1 Å². The van der Waals surface area contributed by atoms with Gasteiger partial charge in [0.15, 0.2) is 5.13 Å². The molecule has 3 heterocycles. The molecule has 4 aromatic rings. The van der Waals surface area contributed by atoms with Crippen molar-refractivity contribution < 1.29 is 22.4 Å². The monoisotopic (exact) mass is 545 g/mol. The number of aromatic nitrogens is 1. The number of hydrogen-bond donors (Lipinski definition) is 0. The smallest absolute Gasteiger partial charge is 0.243 e. The SMILES string of the molecule is COc1ccc2sc(N(Cc3ccco3)C(=O)C3CCCN(S(=O)(=O)c4ccc(Cl)cc4)C3)nc2c1. The molecule has 2 aromatic heterocycles. The number of hydrogen-bond acceptors (Lipinski definition) is 7. The summed E-state index contributed by atoms with van der Waals surface area (Å²) < 4.78 is 39.7. The molecule has 0 N–H and O–H groups in total. The molecule has 11 heteroatoms. The standard InChI is InChI=1S/C25H24ClN3O5S2/c1-33-19-8-11-23-22(14-19)27-25(35-23)29(16-20-5-3-13-34-20)24(30)17-4-2-12-28(15-17)36(31,32)21-9-6-18(26)7-10-21/h3,5-11,13-14,17H,2,4,12,15-16H2,1H3. The summed E-state index contributed by atoms with van der Waals surface area (Å²) in [5, 5.41) is 0.986. The molecule has 1 aliphatic heterocycles. The van der Waals surface area contributed by atoms with Crippen molar-refractivity contribution in [3.05, 3.63) is 71.6 Å². The van der Waals surface area contributed by atoms with Crippen LogP contribution in [0.2, 0.25) is 5.02 Å². The molecule has 2 aromatic carbocycles. The Morgan fingerprint density at radius 3 is 2.78 bits per heavy atom. The lowest BCUT2D eigenvalue weighted by atomic mass is 9.98. The molecular weight excluding hydrogens is 522 g/mol. The summed E-state index contributed by atoms with van der Waals surface area (Å²) in [5.74, 6) is 0.589. The van der Waals surface area contributed by atoms with E-state index in [1.807, 2.05) is 18.2 Å². The zero-order chi connectivity index (χ0) is 25.3. The highest BCUT2D eigenvalue weighted by atomic mass is 35.5. The van der Waals surface area contributed by atoms with Gasteiger partial charge in [-0.1, -0.05) is 22.9 Å². The van der Waals surface area contributed by atoms with E-state index in [-0.39, 0.29) is 23.9 Å². The largest absolute Gasteiger partial charge is 0.497 e. The molecule has 1 atom stereocenters. The number of methoxy groups -OCH3 is 1. The van der Waals surface area contributed by atoms with Crippen LogP contribution >= 0.6 is 22.9 Å². The third-order valence-electron chi connectivity index (χ3n) is 6.16. The van der Waals surface area contributed by atoms with Crippen LogP contribution in [0.15, 0.2) is 70.2 Å². The van der Waals surface area contributed by atoms with Gasteiger partial charge in [-0.2, -0.15) is 4.31 Å². The lowest BCUT2D eigenvalue weighted by Crippen LogP contribution is -2.46. The lowest BCUT2D eigenvalue weighted by Gasteiger charge is -2.33. The van der Waals surface area contributed by atoms with Crippen molar-refractivity contribution >= 4 is 54.2 Å². The quantitative estimate of drug-likeness (QED) is 0.317. The van der Waals surface area contributed by atoms with E-state index in [1.54, 1.807) is 42.5 Å². The fourth-order valence-electron chi connectivity index (χ4n) is 4.27. The number of sulfonamides is 1. The van der Waals surface area contributed by atoms with Crippen molar-refractivity contribution in [2.45, 2.75) is 24.3 Å². The van der Waals surface area contributed by atoms with Gasteiger partial charge in [0.25, 0.3) is 0 Å². The summed E-state index contributed by atoms with van der Waals surface area (Å²) in [6, 6.07) is 15.2. The van der Waals surface area contributed by atoms with Gasteiger partial charge in [-0.3, -0.25) is 9.69 Å². The Balaban J connectivity index is 1.43. The Morgan fingerprint density at radius 1 is 1.25 bits per heavy atom. The van der Waals surface area contributed by atoms with E-state index in [0.717, 1.165) is 10.2 Å². The Hall–Kier alpha value is -2.92. The van der Waals surface area contributed by atoms with Gasteiger partial charge < -0.3 is 9.15 Å². The van der Waals surface area contributed by atoms with Gasteiger partial charge in [0.05, 0.1) is 40.9 Å². The van der Waals surface area contributed by atoms with Crippen LogP contribution in [0.4, 0.5) is 5.13 Å². The second-order valence-corrected chi connectivity index (χ2v) is 11.9. The minimum absolute atomic E-state index is 0.0944. The molecule has 1 fully saturated rings. The topological polar surface area (TPSA) is 93.0 Å². The first-order valence-corrected chi connectivity index (χ1v) is 14.0. The van der Waals surface area contributed by atoms with Crippen molar-refractivity contribution in [2.24, 2.45) is 5.92 Å². The maximum absolute atomic E-state index is 13.9. The number of anilines is 1. The molecular formula is C25H24ClN3O5S2. The second-order valence-electron chi connectivity index (χ2n) is 8.49. The van der Waals surface area contributed by atoms with E-state index < -0.39 is 15.9 Å². The first-order valence-electron chi connectivity index (χ1n) is 11.4. The predicted octanol–water partition coefficient (Wildman–Crippen LogP) is 5.19. The number of fused-ring (bicyclic) bond motifs is 1. The summed E-state index contributed by atoms with van der Waals surface area (Å²) >= 11 is 7.33. The van der Waals surface area contributed by atoms with Gasteiger partial charge in [-0.05, 0) is 61.4 Å². The Labute approximate surface area is 218 Å². The normalized spacial score (nSPS) is 16.8. The molecule has 5 rings (SSSR count). The van der Waals surface area contributed by atoms with Gasteiger partial charge in [0.2, 0.25) is 15.9 Å². The average Bonchev–Trinajstić information content (AvgIpc) is 3.56. The Bertz CT molecular complexity index is 1470. The molecule has 0 radical (unpaired) electrons. The summed E-state index contributed by atoms with van der Waals surface area (Å²) in [5.41, 5.74) is 0.724. The molecule has 1 unspecified atom stereocenters. The first-order chi connectivity index (χ1) is 17.3. The highest BCUT2D eigenvalue weighted by Gasteiger charge is 2.36. The molecule has 0 spiro atoms. The van der Waals surface area contributed by atoms with Crippen LogP contribution < -0.4 is 9.64 Å². The molecule has 1 amide bonds. The lowest BCUT2D eigenvalue weighted by molar-refractivity contribution is -0.123. The predicted molar refractivity (Wildman–Crippen MR) is 139 cm³/mol. The van der Waals surface area contributed by atoms with Crippen molar-refractivity contribution in [1.82, 2.24) is 9.29 Å². The molecule has 0 saturated carbocycles. The number of rotatable bonds is 7. The van der Waals surface area contributed by atoms with Crippen LogP contribution in [-0.4, -0.2) is 43.8 Å². The van der Waals surface area contributed by atoms with Gasteiger partial charge in [-0.25, -0.2) is 13.4 Å². The number of piperidine rings is 1. The van der Waals surface area contributed by atoms with E-state index in [9.17, 15) is 13.2 Å². The highest BCUT2D eigenvalue weighted by molar-refractivity contribution is 7.89.